The van der Waals surface area contributed by atoms with Gasteiger partial charge in [-0.3, -0.25) is 0 Å². The minimum absolute atomic E-state index is 0.103. The minimum atomic E-state index is -0.447. The van der Waals surface area contributed by atoms with Crippen molar-refractivity contribution in [2.24, 2.45) is 0 Å². The fraction of sp³-hybridized carbons (Fsp3) is 0.611. The zero-order valence-corrected chi connectivity index (χ0v) is 14.1. The first-order chi connectivity index (χ1) is 10.3. The summed E-state index contributed by atoms with van der Waals surface area (Å²) in [6.45, 7) is 8.52. The molecule has 0 spiro atoms. The maximum absolute atomic E-state index is 11.7. The molecule has 2 N–H and O–H groups in total. The third kappa shape index (κ3) is 5.34. The fourth-order valence-corrected chi connectivity index (χ4v) is 2.79. The third-order valence-corrected chi connectivity index (χ3v) is 3.82. The summed E-state index contributed by atoms with van der Waals surface area (Å²) in [7, 11) is 0. The lowest BCUT2D eigenvalue weighted by Crippen LogP contribution is -2.40. The predicted molar refractivity (Wildman–Crippen MR) is 89.1 cm³/mol. The van der Waals surface area contributed by atoms with Gasteiger partial charge >= 0.3 is 6.09 Å². The maximum atomic E-state index is 11.7. The van der Waals surface area contributed by atoms with Crippen LogP contribution in [-0.2, 0) is 17.6 Å². The fourth-order valence-electron chi connectivity index (χ4n) is 2.79. The van der Waals surface area contributed by atoms with Crippen molar-refractivity contribution in [3.63, 3.8) is 0 Å². The van der Waals surface area contributed by atoms with Crippen molar-refractivity contribution in [2.45, 2.75) is 64.6 Å². The molecule has 1 aliphatic carbocycles. The molecule has 0 saturated heterocycles. The van der Waals surface area contributed by atoms with Gasteiger partial charge in [0, 0.05) is 12.1 Å². The van der Waals surface area contributed by atoms with Crippen molar-refractivity contribution in [3.8, 4) is 0 Å². The van der Waals surface area contributed by atoms with Crippen molar-refractivity contribution < 1.29 is 9.53 Å². The number of alkyl carbamates (subject to hydrolysis) is 1. The Morgan fingerprint density at radius 2 is 1.86 bits per heavy atom. The number of nitrogens with one attached hydrogen (secondary N) is 2. The van der Waals surface area contributed by atoms with Crippen molar-refractivity contribution >= 4 is 6.09 Å². The minimum Gasteiger partial charge on any atom is -0.444 e. The molecule has 0 fully saturated rings. The smallest absolute Gasteiger partial charge is 0.407 e. The zero-order chi connectivity index (χ0) is 16.2. The second kappa shape index (κ2) is 7.14. The molecule has 22 heavy (non-hydrogen) atoms. The van der Waals surface area contributed by atoms with Gasteiger partial charge in [0.15, 0.2) is 0 Å². The number of carbonyl (C=O) groups excluding carboxylic acids is 1. The molecule has 1 aliphatic rings. The summed E-state index contributed by atoms with van der Waals surface area (Å²) in [5, 5.41) is 6.47. The summed E-state index contributed by atoms with van der Waals surface area (Å²) in [6, 6.07) is 9.26. The number of hydrogen-bond donors (Lipinski definition) is 2. The Labute approximate surface area is 133 Å². The Hall–Kier alpha value is -1.55. The number of rotatable bonds is 5. The molecule has 1 atom stereocenters. The summed E-state index contributed by atoms with van der Waals surface area (Å²) in [6.07, 6.45) is 2.76. The van der Waals surface area contributed by atoms with Gasteiger partial charge in [0.2, 0.25) is 0 Å². The van der Waals surface area contributed by atoms with Crippen LogP contribution in [0, 0.1) is 0 Å². The number of benzene rings is 1. The predicted octanol–water partition coefficient (Wildman–Crippen LogP) is 3.05. The largest absolute Gasteiger partial charge is 0.444 e. The van der Waals surface area contributed by atoms with Crippen LogP contribution in [0.1, 0.15) is 45.2 Å². The molecule has 0 bridgehead atoms. The molecule has 4 heteroatoms. The van der Waals surface area contributed by atoms with Crippen LogP contribution in [0.15, 0.2) is 24.3 Å². The van der Waals surface area contributed by atoms with Crippen LogP contribution in [0.25, 0.3) is 0 Å². The summed E-state index contributed by atoms with van der Waals surface area (Å²) in [5.41, 5.74) is 2.47. The van der Waals surface area contributed by atoms with E-state index in [1.165, 1.54) is 11.1 Å². The Bertz CT molecular complexity index is 483. The highest BCUT2D eigenvalue weighted by atomic mass is 16.6. The number of amides is 1. The van der Waals surface area contributed by atoms with Gasteiger partial charge in [-0.1, -0.05) is 24.3 Å². The van der Waals surface area contributed by atoms with E-state index in [4.69, 9.17) is 4.74 Å². The van der Waals surface area contributed by atoms with E-state index in [1.54, 1.807) is 0 Å². The summed E-state index contributed by atoms with van der Waals surface area (Å²) < 4.78 is 5.26. The molecule has 2 rings (SSSR count). The average molecular weight is 304 g/mol. The van der Waals surface area contributed by atoms with E-state index in [0.29, 0.717) is 6.04 Å². The Kier molecular flexibility index (Phi) is 5.46. The first-order valence-electron chi connectivity index (χ1n) is 8.13. The highest BCUT2D eigenvalue weighted by molar-refractivity contribution is 5.68. The Balaban J connectivity index is 1.64. The van der Waals surface area contributed by atoms with Crippen LogP contribution in [0.3, 0.4) is 0 Å². The molecule has 1 amide bonds. The van der Waals surface area contributed by atoms with E-state index in [9.17, 15) is 4.79 Å². The third-order valence-electron chi connectivity index (χ3n) is 3.82. The van der Waals surface area contributed by atoms with Gasteiger partial charge in [0.1, 0.15) is 5.60 Å². The SMILES string of the molecule is CC(CCNC1Cc2ccccc2C1)NC(=O)OC(C)(C)C. The molecule has 4 nitrogen and oxygen atoms in total. The lowest BCUT2D eigenvalue weighted by molar-refractivity contribution is 0.0506. The Morgan fingerprint density at radius 1 is 1.27 bits per heavy atom. The molecule has 0 aliphatic heterocycles. The second-order valence-electron chi connectivity index (χ2n) is 7.16. The molecule has 1 unspecified atom stereocenters. The Morgan fingerprint density at radius 3 is 2.41 bits per heavy atom. The molecule has 0 aromatic heterocycles. The van der Waals surface area contributed by atoms with Crippen LogP contribution in [0.2, 0.25) is 0 Å². The van der Waals surface area contributed by atoms with Crippen LogP contribution < -0.4 is 10.6 Å². The van der Waals surface area contributed by atoms with Gasteiger partial charge in [-0.15, -0.1) is 0 Å². The molecule has 0 saturated carbocycles. The van der Waals surface area contributed by atoms with E-state index in [2.05, 4.69) is 34.9 Å². The topological polar surface area (TPSA) is 50.4 Å². The molecule has 0 heterocycles. The van der Waals surface area contributed by atoms with Crippen molar-refractivity contribution in [1.29, 1.82) is 0 Å². The van der Waals surface area contributed by atoms with Crippen molar-refractivity contribution in [1.82, 2.24) is 10.6 Å². The average Bonchev–Trinajstić information content (AvgIpc) is 2.78. The van der Waals surface area contributed by atoms with E-state index in [-0.39, 0.29) is 12.1 Å². The molecule has 122 valence electrons. The first kappa shape index (κ1) is 16.8. The van der Waals surface area contributed by atoms with Gasteiger partial charge in [0.05, 0.1) is 0 Å². The maximum Gasteiger partial charge on any atom is 0.407 e. The summed E-state index contributed by atoms with van der Waals surface area (Å²) in [4.78, 5) is 11.7. The van der Waals surface area contributed by atoms with E-state index in [1.807, 2.05) is 27.7 Å². The lowest BCUT2D eigenvalue weighted by atomic mass is 10.1. The van der Waals surface area contributed by atoms with Crippen LogP contribution in [-0.4, -0.2) is 30.3 Å². The van der Waals surface area contributed by atoms with E-state index < -0.39 is 5.60 Å². The van der Waals surface area contributed by atoms with Crippen molar-refractivity contribution in [2.75, 3.05) is 6.54 Å². The summed E-state index contributed by atoms with van der Waals surface area (Å²) in [5.74, 6) is 0. The van der Waals surface area contributed by atoms with Gasteiger partial charge in [-0.2, -0.15) is 0 Å². The van der Waals surface area contributed by atoms with Crippen LogP contribution >= 0.6 is 0 Å². The molecular formula is C18H28N2O2. The van der Waals surface area contributed by atoms with Gasteiger partial charge in [-0.05, 0) is 64.6 Å². The highest BCUT2D eigenvalue weighted by Gasteiger charge is 2.21. The lowest BCUT2D eigenvalue weighted by Gasteiger charge is -2.22. The van der Waals surface area contributed by atoms with Gasteiger partial charge in [0.25, 0.3) is 0 Å². The quantitative estimate of drug-likeness (QED) is 0.879. The number of ether oxygens (including phenoxy) is 1. The van der Waals surface area contributed by atoms with Crippen LogP contribution in [0.5, 0.6) is 0 Å². The number of carbonyl (C=O) groups is 1. The first-order valence-corrected chi connectivity index (χ1v) is 8.13. The number of fused-ring (bicyclic) bond motifs is 1. The number of hydrogen-bond acceptors (Lipinski definition) is 3. The van der Waals surface area contributed by atoms with Gasteiger partial charge in [-0.25, -0.2) is 4.79 Å². The summed E-state index contributed by atoms with van der Waals surface area (Å²) >= 11 is 0. The molecule has 0 radical (unpaired) electrons. The monoisotopic (exact) mass is 304 g/mol. The van der Waals surface area contributed by atoms with E-state index in [0.717, 1.165) is 25.8 Å². The van der Waals surface area contributed by atoms with Gasteiger partial charge < -0.3 is 15.4 Å². The van der Waals surface area contributed by atoms with E-state index >= 15 is 0 Å². The molecule has 1 aromatic carbocycles. The van der Waals surface area contributed by atoms with Crippen molar-refractivity contribution in [3.05, 3.63) is 35.4 Å². The van der Waals surface area contributed by atoms with Crippen LogP contribution in [0.4, 0.5) is 4.79 Å². The highest BCUT2D eigenvalue weighted by Crippen LogP contribution is 2.21. The normalized spacial score (nSPS) is 16.2. The second-order valence-corrected chi connectivity index (χ2v) is 7.16. The zero-order valence-electron chi connectivity index (χ0n) is 14.1. The molecular weight excluding hydrogens is 276 g/mol. The standard InChI is InChI=1S/C18H28N2O2/c1-13(20-17(21)22-18(2,3)4)9-10-19-16-11-14-7-5-6-8-15(14)12-16/h5-8,13,16,19H,9-12H2,1-4H3,(H,20,21). The molecule has 1 aromatic rings.